The predicted molar refractivity (Wildman–Crippen MR) is 616 cm³/mol. The zero-order valence-corrected chi connectivity index (χ0v) is 83.7. The van der Waals surface area contributed by atoms with Gasteiger partial charge in [0.05, 0.1) is 45.0 Å². The Morgan fingerprint density at radius 2 is 0.628 bits per heavy atom. The first kappa shape index (κ1) is 91.5. The number of pyridine rings is 6. The largest absolute Gasteiger partial charge is 0.454 e. The second-order valence-corrected chi connectivity index (χ2v) is 41.6. The Morgan fingerprint density at radius 3 is 1.21 bits per heavy atom. The van der Waals surface area contributed by atoms with Crippen LogP contribution >= 0.6 is 0 Å². The molecule has 14 heterocycles. The van der Waals surface area contributed by atoms with Crippen molar-refractivity contribution in [2.75, 3.05) is 0 Å². The van der Waals surface area contributed by atoms with Crippen molar-refractivity contribution in [3.63, 3.8) is 0 Å². The first-order valence-corrected chi connectivity index (χ1v) is 52.4. The van der Waals surface area contributed by atoms with Crippen LogP contribution in [-0.4, -0.2) is 56.2 Å². The number of fused-ring (bicyclic) bond motifs is 24. The van der Waals surface area contributed by atoms with Gasteiger partial charge in [0.25, 0.3) is 0 Å². The molecule has 0 unspecified atom stereocenters. The van der Waals surface area contributed by atoms with Gasteiger partial charge in [-0.05, 0) is 254 Å². The third kappa shape index (κ3) is 17.1. The van der Waals surface area contributed by atoms with Crippen LogP contribution in [0, 0.1) is 34.6 Å². The van der Waals surface area contributed by atoms with E-state index in [2.05, 4.69) is 446 Å². The third-order valence-corrected chi connectivity index (χ3v) is 32.8. The van der Waals surface area contributed by atoms with Crippen LogP contribution < -0.4 is 15.6 Å². The van der Waals surface area contributed by atoms with E-state index in [-0.39, 0.29) is 0 Å². The first-order valence-electron chi connectivity index (χ1n) is 49.9. The van der Waals surface area contributed by atoms with Gasteiger partial charge in [0.15, 0.2) is 33.5 Å². The highest BCUT2D eigenvalue weighted by Gasteiger charge is 2.34. The molecule has 16 aromatic carbocycles. The molecule has 0 aliphatic heterocycles. The highest BCUT2D eigenvalue weighted by Crippen LogP contribution is 2.42. The first-order chi connectivity index (χ1) is 72.8. The summed E-state index contributed by atoms with van der Waals surface area (Å²) in [5.41, 5.74) is 34.1. The molecule has 0 saturated heterocycles. The van der Waals surface area contributed by atoms with E-state index >= 15 is 0 Å². The fourth-order valence-electron chi connectivity index (χ4n) is 21.1. The summed E-state index contributed by atoms with van der Waals surface area (Å²) in [5.74, 6) is 0. The fourth-order valence-corrected chi connectivity index (χ4v) is 24.7. The van der Waals surface area contributed by atoms with Gasteiger partial charge in [-0.25, -0.2) is 4.98 Å². The molecule has 710 valence electrons. The molecule has 0 aliphatic rings. The van der Waals surface area contributed by atoms with Crippen molar-refractivity contribution >= 4 is 199 Å². The minimum absolute atomic E-state index is 0.792. The van der Waals surface area contributed by atoms with Crippen molar-refractivity contribution in [2.45, 2.75) is 41.2 Å². The van der Waals surface area contributed by atoms with Crippen LogP contribution in [0.2, 0.25) is 6.55 Å². The molecule has 0 saturated carbocycles. The van der Waals surface area contributed by atoms with E-state index in [1.807, 2.05) is 106 Å². The molecule has 15 heteroatoms. The van der Waals surface area contributed by atoms with Gasteiger partial charge < -0.3 is 35.9 Å². The summed E-state index contributed by atoms with van der Waals surface area (Å²) in [5, 5.41) is 19.2. The maximum absolute atomic E-state index is 6.00. The van der Waals surface area contributed by atoms with Gasteiger partial charge in [-0.3, -0.25) is 24.9 Å². The normalized spacial score (nSPS) is 11.5. The number of benzene rings is 16. The average molecular weight is 1930 g/mol. The van der Waals surface area contributed by atoms with Crippen LogP contribution in [0.5, 0.6) is 0 Å². The van der Waals surface area contributed by atoms with Gasteiger partial charge in [-0.15, -0.1) is 0 Å². The Morgan fingerprint density at radius 1 is 0.230 bits per heavy atom. The van der Waals surface area contributed by atoms with E-state index in [1.165, 1.54) is 148 Å². The standard InChI is InChI=1S/C31H22N2.C30H20N2O.C19H15N.C19H18Si.C12H9NO.2C11H8N2O/c1-32-28-13-7-5-11-24(28)26-19-21(15-17-29(26)32)22-16-18-31-27(20-22)25-12-6-8-14-30(25)33(31)23-9-3-2-4-10-23;1-19-5-4-6-20(15-19)21-9-11-28-25(16-21)23-7-2-3-8-27(23)32(28)22-10-12-29-26(17-22)24-13-14-31-18-30(24)33-29;1-14-11-12-19-17(13-14)16-9-5-6-10-18(16)20(19)15-7-3-2-4-8-15;1-20(17-11-5-2-6-12-17,18-13-7-3-8-14-18)19-15-9-4-10-16-19;1-8-12-10(6-7-13-8)9-4-2-3-5-11(9)14-12;1-7-4-5-9-11(13-7)10-8(14-9)3-2-6-12-10;1-7-4-6-13-10-9-8(14-11(7)10)3-2-5-12-9/h2-20H,1H3;2-18H,1H3;2-13H,1H3;2-16H,1H3;2-7H,1H3;2*2-6H,1H3. The van der Waals surface area contributed by atoms with Crippen molar-refractivity contribution in [1.82, 2.24) is 48.2 Å². The summed E-state index contributed by atoms with van der Waals surface area (Å²) in [6.07, 6.45) is 10.7. The quantitative estimate of drug-likeness (QED) is 0.106. The van der Waals surface area contributed by atoms with Crippen molar-refractivity contribution in [3.05, 3.63) is 508 Å². The van der Waals surface area contributed by atoms with Crippen LogP contribution in [0.3, 0.4) is 0 Å². The molecule has 0 aliphatic carbocycles. The molecule has 0 amide bonds. The molecule has 30 rings (SSSR count). The van der Waals surface area contributed by atoms with Gasteiger partial charge in [-0.2, -0.15) is 0 Å². The molecular formula is C133H100N10O4Si. The van der Waals surface area contributed by atoms with Gasteiger partial charge >= 0.3 is 0 Å². The van der Waals surface area contributed by atoms with Gasteiger partial charge in [0, 0.05) is 136 Å². The number of rotatable bonds is 8. The number of aromatic nitrogens is 10. The lowest BCUT2D eigenvalue weighted by Crippen LogP contribution is -2.64. The number of hydrogen-bond donors (Lipinski definition) is 0. The van der Waals surface area contributed by atoms with E-state index in [0.717, 1.165) is 111 Å². The minimum Gasteiger partial charge on any atom is -0.454 e. The third-order valence-electron chi connectivity index (χ3n) is 28.4. The molecule has 30 aromatic rings. The van der Waals surface area contributed by atoms with E-state index in [1.54, 1.807) is 24.8 Å². The molecule has 14 aromatic heterocycles. The highest BCUT2D eigenvalue weighted by atomic mass is 28.3. The Balaban J connectivity index is 0.0000000949. The SMILES string of the molecule is C[Si](c1ccccc1)(c1ccccc1)c1ccccc1.Cc1ccc2c(c1)c1ccccc1n2-c1ccccc1.Cc1ccc2oc3cccnc3c2n1.Cc1cccc(-c2ccc3c(c2)c2ccccc2n3-c2ccc3oc4cnccc4c3c2)c1.Cc1ccnc2c1oc1cccnc12.Cc1nccc2c1oc1ccccc12.Cn1c2ccccc2c2cc(-c3ccc4c(c3)c3ccccc3n4-c3ccccc3)ccc21. The van der Waals surface area contributed by atoms with E-state index < -0.39 is 8.07 Å². The van der Waals surface area contributed by atoms with Crippen LogP contribution in [0.1, 0.15) is 28.1 Å². The van der Waals surface area contributed by atoms with E-state index in [4.69, 9.17) is 17.7 Å². The predicted octanol–water partition coefficient (Wildman–Crippen LogP) is 32.7. The molecule has 0 bridgehead atoms. The van der Waals surface area contributed by atoms with Crippen molar-refractivity contribution in [3.8, 4) is 39.3 Å². The Hall–Kier alpha value is -19.0. The van der Waals surface area contributed by atoms with Crippen LogP contribution in [0.25, 0.3) is 215 Å². The summed E-state index contributed by atoms with van der Waals surface area (Å²) in [4.78, 5) is 25.6. The molecule has 0 radical (unpaired) electrons. The van der Waals surface area contributed by atoms with Gasteiger partial charge in [0.1, 0.15) is 41.3 Å². The molecule has 0 fully saturated rings. The number of aryl methyl sites for hydroxylation is 6. The summed E-state index contributed by atoms with van der Waals surface area (Å²) in [7, 11) is 0.270. The fraction of sp³-hybridized carbons (Fsp3) is 0.0526. The zero-order valence-electron chi connectivity index (χ0n) is 82.7. The highest BCUT2D eigenvalue weighted by molar-refractivity contribution is 7.10. The van der Waals surface area contributed by atoms with Crippen LogP contribution in [0.15, 0.2) is 498 Å². The number of nitrogens with zero attached hydrogens (tertiary/aromatic N) is 10. The smallest absolute Gasteiger partial charge is 0.158 e. The summed E-state index contributed by atoms with van der Waals surface area (Å²) >= 11 is 0. The number of para-hydroxylation sites is 7. The average Bonchev–Trinajstić information content (AvgIpc) is 1.46. The maximum Gasteiger partial charge on any atom is 0.158 e. The van der Waals surface area contributed by atoms with Crippen molar-refractivity contribution in [2.24, 2.45) is 7.05 Å². The Bertz CT molecular complexity index is 9960. The van der Waals surface area contributed by atoms with Crippen LogP contribution in [0.4, 0.5) is 0 Å². The van der Waals surface area contributed by atoms with Crippen molar-refractivity contribution < 1.29 is 17.7 Å². The lowest BCUT2D eigenvalue weighted by molar-refractivity contribution is 0.662. The van der Waals surface area contributed by atoms with Gasteiger partial charge in [0.2, 0.25) is 0 Å². The molecule has 0 spiro atoms. The maximum atomic E-state index is 6.00. The van der Waals surface area contributed by atoms with E-state index in [9.17, 15) is 0 Å². The van der Waals surface area contributed by atoms with Crippen LogP contribution in [-0.2, 0) is 7.05 Å². The molecule has 0 N–H and O–H groups in total. The second kappa shape index (κ2) is 39.4. The Labute approximate surface area is 854 Å². The molecule has 14 nitrogen and oxygen atoms in total. The monoisotopic (exact) mass is 1930 g/mol. The number of furan rings is 4. The van der Waals surface area contributed by atoms with Gasteiger partial charge in [-0.1, -0.05) is 285 Å². The van der Waals surface area contributed by atoms with Crippen molar-refractivity contribution in [1.29, 1.82) is 0 Å². The molecule has 148 heavy (non-hydrogen) atoms. The summed E-state index contributed by atoms with van der Waals surface area (Å²) in [6.45, 7) is 12.7. The lowest BCUT2D eigenvalue weighted by Gasteiger charge is -2.29. The lowest BCUT2D eigenvalue weighted by atomic mass is 10.0. The summed E-state index contributed by atoms with van der Waals surface area (Å²) < 4.78 is 32.3. The Kier molecular flexibility index (Phi) is 24.4. The topological polar surface area (TPSA) is 150 Å². The minimum atomic E-state index is -1.88. The number of hydrogen-bond acceptors (Lipinski definition) is 10. The zero-order chi connectivity index (χ0) is 99.9. The summed E-state index contributed by atoms with van der Waals surface area (Å²) in [6, 6.07) is 156. The molecular weight excluding hydrogens is 1830 g/mol. The molecule has 0 atom stereocenters. The van der Waals surface area contributed by atoms with E-state index in [0.29, 0.717) is 0 Å². The second-order valence-electron chi connectivity index (χ2n) is 37.6.